The van der Waals surface area contributed by atoms with Gasteiger partial charge in [-0.05, 0) is 12.1 Å². The smallest absolute Gasteiger partial charge is 0.270 e. The molecule has 0 saturated carbocycles. The average molecular weight is 284 g/mol. The number of nitrogens with zero attached hydrogens (tertiary/aromatic N) is 3. The Kier molecular flexibility index (Phi) is 3.20. The molecule has 1 atom stereocenters. The summed E-state index contributed by atoms with van der Waals surface area (Å²) in [5, 5.41) is 15.6. The summed E-state index contributed by atoms with van der Waals surface area (Å²) in [4.78, 5) is 12.2. The number of nitrogens with one attached hydrogen (secondary N) is 1. The molecule has 7 heteroatoms. The van der Waals surface area contributed by atoms with Crippen molar-refractivity contribution in [3.8, 4) is 17.6 Å². The van der Waals surface area contributed by atoms with Gasteiger partial charge in [0.25, 0.3) is 5.91 Å². The molecule has 0 spiro atoms. The van der Waals surface area contributed by atoms with E-state index in [1.807, 2.05) is 12.1 Å². The molecule has 7 nitrogen and oxygen atoms in total. The Morgan fingerprint density at radius 3 is 3.00 bits per heavy atom. The highest BCUT2D eigenvalue weighted by Crippen LogP contribution is 2.31. The second-order valence-corrected chi connectivity index (χ2v) is 4.53. The van der Waals surface area contributed by atoms with Crippen molar-refractivity contribution in [3.05, 3.63) is 36.0 Å². The third-order valence-corrected chi connectivity index (χ3v) is 2.99. The van der Waals surface area contributed by atoms with Crippen LogP contribution >= 0.6 is 0 Å². The number of amides is 1. The van der Waals surface area contributed by atoms with E-state index < -0.39 is 12.0 Å². The topological polar surface area (TPSA) is 89.2 Å². The van der Waals surface area contributed by atoms with E-state index in [1.165, 1.54) is 10.9 Å². The normalized spacial score (nSPS) is 16.1. The van der Waals surface area contributed by atoms with E-state index in [2.05, 4.69) is 10.4 Å². The number of para-hydroxylation sites is 2. The summed E-state index contributed by atoms with van der Waals surface area (Å²) in [5.41, 5.74) is 0.294. The Balaban J connectivity index is 1.74. The Bertz CT molecular complexity index is 732. The second kappa shape index (κ2) is 5.17. The van der Waals surface area contributed by atoms with Gasteiger partial charge in [-0.25, -0.2) is 0 Å². The lowest BCUT2D eigenvalue weighted by molar-refractivity contribution is -0.125. The first-order valence-electron chi connectivity index (χ1n) is 6.30. The molecule has 1 aliphatic rings. The quantitative estimate of drug-likeness (QED) is 0.891. The van der Waals surface area contributed by atoms with Crippen molar-refractivity contribution in [2.45, 2.75) is 6.10 Å². The number of carbonyl (C=O) groups excluding carboxylic acids is 1. The number of ether oxygens (including phenoxy) is 2. The molecule has 1 aliphatic heterocycles. The molecule has 21 heavy (non-hydrogen) atoms. The van der Waals surface area contributed by atoms with Crippen molar-refractivity contribution in [1.82, 2.24) is 9.78 Å². The van der Waals surface area contributed by atoms with Crippen LogP contribution < -0.4 is 14.8 Å². The van der Waals surface area contributed by atoms with Crippen LogP contribution in [0.3, 0.4) is 0 Å². The maximum Gasteiger partial charge on any atom is 0.270 e. The van der Waals surface area contributed by atoms with Crippen molar-refractivity contribution < 1.29 is 14.3 Å². The van der Waals surface area contributed by atoms with Gasteiger partial charge in [0.05, 0.1) is 0 Å². The van der Waals surface area contributed by atoms with Gasteiger partial charge in [-0.15, -0.1) is 0 Å². The lowest BCUT2D eigenvalue weighted by atomic mass is 10.2. The molecule has 106 valence electrons. The van der Waals surface area contributed by atoms with Gasteiger partial charge in [0.2, 0.25) is 6.10 Å². The average Bonchev–Trinajstić information content (AvgIpc) is 2.86. The van der Waals surface area contributed by atoms with Gasteiger partial charge in [0, 0.05) is 13.2 Å². The molecule has 2 aromatic rings. The fourth-order valence-electron chi connectivity index (χ4n) is 2.01. The predicted octanol–water partition coefficient (Wildman–Crippen LogP) is 1.07. The summed E-state index contributed by atoms with van der Waals surface area (Å²) in [6.07, 6.45) is 0.747. The van der Waals surface area contributed by atoms with E-state index in [0.717, 1.165) is 0 Å². The van der Waals surface area contributed by atoms with Crippen LogP contribution in [0.5, 0.6) is 11.5 Å². The van der Waals surface area contributed by atoms with Crippen molar-refractivity contribution in [3.63, 3.8) is 0 Å². The Hall–Kier alpha value is -3.01. The van der Waals surface area contributed by atoms with Gasteiger partial charge in [-0.3, -0.25) is 9.48 Å². The molecule has 1 unspecified atom stereocenters. The Labute approximate surface area is 120 Å². The van der Waals surface area contributed by atoms with Gasteiger partial charge in [-0.1, -0.05) is 12.1 Å². The molecule has 0 fully saturated rings. The first-order valence-corrected chi connectivity index (χ1v) is 6.30. The van der Waals surface area contributed by atoms with Gasteiger partial charge < -0.3 is 14.8 Å². The highest BCUT2D eigenvalue weighted by atomic mass is 16.6. The first kappa shape index (κ1) is 13.0. The number of fused-ring (bicyclic) bond motifs is 1. The lowest BCUT2D eigenvalue weighted by Crippen LogP contribution is -2.40. The van der Waals surface area contributed by atoms with Crippen molar-refractivity contribution in [2.75, 3.05) is 11.9 Å². The van der Waals surface area contributed by atoms with Crippen molar-refractivity contribution in [1.29, 1.82) is 5.26 Å². The highest BCUT2D eigenvalue weighted by molar-refractivity contribution is 5.94. The molecule has 1 aromatic carbocycles. The number of anilines is 1. The van der Waals surface area contributed by atoms with E-state index in [4.69, 9.17) is 14.7 Å². The third-order valence-electron chi connectivity index (χ3n) is 2.99. The SMILES string of the molecule is Cn1cc(C#N)c(NC(=O)C2COc3ccccc3O2)n1. The number of benzene rings is 1. The molecule has 1 aromatic heterocycles. The standard InChI is InChI=1S/C14H12N4O3/c1-18-7-9(6-15)13(17-18)16-14(19)12-8-20-10-4-2-3-5-11(10)21-12/h2-5,7,12H,8H2,1H3,(H,16,17,19). The largest absolute Gasteiger partial charge is 0.485 e. The number of hydrogen-bond acceptors (Lipinski definition) is 5. The molecule has 2 heterocycles. The maximum absolute atomic E-state index is 12.2. The van der Waals surface area contributed by atoms with Crippen molar-refractivity contribution in [2.24, 2.45) is 7.05 Å². The summed E-state index contributed by atoms with van der Waals surface area (Å²) >= 11 is 0. The van der Waals surface area contributed by atoms with Gasteiger partial charge in [-0.2, -0.15) is 10.4 Å². The summed E-state index contributed by atoms with van der Waals surface area (Å²) in [6.45, 7) is 0.109. The molecule has 0 bridgehead atoms. The lowest BCUT2D eigenvalue weighted by Gasteiger charge is -2.25. The summed E-state index contributed by atoms with van der Waals surface area (Å²) in [6, 6.07) is 9.11. The van der Waals surface area contributed by atoms with Crippen LogP contribution in [0.2, 0.25) is 0 Å². The monoisotopic (exact) mass is 284 g/mol. The molecule has 1 amide bonds. The van der Waals surface area contributed by atoms with Crippen LogP contribution in [-0.4, -0.2) is 28.4 Å². The number of aromatic nitrogens is 2. The van der Waals surface area contributed by atoms with Gasteiger partial charge in [0.15, 0.2) is 17.3 Å². The zero-order valence-corrected chi connectivity index (χ0v) is 11.2. The second-order valence-electron chi connectivity index (χ2n) is 4.53. The minimum atomic E-state index is -0.784. The number of aryl methyl sites for hydroxylation is 1. The fraction of sp³-hybridized carbons (Fsp3) is 0.214. The Morgan fingerprint density at radius 2 is 2.24 bits per heavy atom. The minimum Gasteiger partial charge on any atom is -0.485 e. The van der Waals surface area contributed by atoms with Crippen molar-refractivity contribution >= 4 is 11.7 Å². The van der Waals surface area contributed by atoms with Gasteiger partial charge >= 0.3 is 0 Å². The summed E-state index contributed by atoms with van der Waals surface area (Å²) in [7, 11) is 1.67. The molecule has 3 rings (SSSR count). The number of hydrogen-bond donors (Lipinski definition) is 1. The minimum absolute atomic E-state index is 0.109. The molecule has 0 radical (unpaired) electrons. The van der Waals surface area contributed by atoms with E-state index >= 15 is 0 Å². The van der Waals surface area contributed by atoms with Crippen LogP contribution in [-0.2, 0) is 11.8 Å². The first-order chi connectivity index (χ1) is 10.2. The number of carbonyl (C=O) groups is 1. The molecular weight excluding hydrogens is 272 g/mol. The summed E-state index contributed by atoms with van der Waals surface area (Å²) < 4.78 is 12.5. The van der Waals surface area contributed by atoms with E-state index in [9.17, 15) is 4.79 Å². The highest BCUT2D eigenvalue weighted by Gasteiger charge is 2.28. The zero-order valence-electron chi connectivity index (χ0n) is 11.2. The third kappa shape index (κ3) is 2.51. The van der Waals surface area contributed by atoms with E-state index in [-0.39, 0.29) is 12.4 Å². The molecule has 0 saturated heterocycles. The van der Waals surface area contributed by atoms with E-state index in [0.29, 0.717) is 17.1 Å². The number of nitriles is 1. The molecule has 1 N–H and O–H groups in total. The van der Waals surface area contributed by atoms with E-state index in [1.54, 1.807) is 25.2 Å². The zero-order chi connectivity index (χ0) is 14.8. The Morgan fingerprint density at radius 1 is 1.48 bits per heavy atom. The van der Waals surface area contributed by atoms with Crippen LogP contribution in [0.15, 0.2) is 30.5 Å². The maximum atomic E-state index is 12.2. The molecular formula is C14H12N4O3. The molecule has 0 aliphatic carbocycles. The predicted molar refractivity (Wildman–Crippen MR) is 72.9 cm³/mol. The van der Waals surface area contributed by atoms with Crippen LogP contribution in [0.4, 0.5) is 5.82 Å². The van der Waals surface area contributed by atoms with Crippen LogP contribution in [0, 0.1) is 11.3 Å². The fourth-order valence-corrected chi connectivity index (χ4v) is 2.01. The van der Waals surface area contributed by atoms with Crippen LogP contribution in [0.25, 0.3) is 0 Å². The van der Waals surface area contributed by atoms with Gasteiger partial charge in [0.1, 0.15) is 18.2 Å². The summed E-state index contributed by atoms with van der Waals surface area (Å²) in [5.74, 6) is 0.940. The number of rotatable bonds is 2. The van der Waals surface area contributed by atoms with Crippen LogP contribution in [0.1, 0.15) is 5.56 Å².